The van der Waals surface area contributed by atoms with Gasteiger partial charge in [0.15, 0.2) is 17.9 Å². The number of fused-ring (bicyclic) bond motifs is 2. The number of aryl methyl sites for hydroxylation is 1. The Morgan fingerprint density at radius 2 is 2.17 bits per heavy atom. The Bertz CT molecular complexity index is 925. The minimum Gasteiger partial charge on any atom is -0.477 e. The number of aliphatic carboxylic acids is 1. The third-order valence-electron chi connectivity index (χ3n) is 5.41. The maximum atomic E-state index is 12.3. The summed E-state index contributed by atoms with van der Waals surface area (Å²) in [5.41, 5.74) is 1.06. The van der Waals surface area contributed by atoms with Crippen LogP contribution in [0.1, 0.15) is 24.3 Å². The number of hydrogen-bond donors (Lipinski definition) is 2. The zero-order chi connectivity index (χ0) is 21.0. The van der Waals surface area contributed by atoms with Crippen molar-refractivity contribution in [2.24, 2.45) is 5.92 Å². The number of carboxylic acids is 1. The zero-order valence-corrected chi connectivity index (χ0v) is 17.9. The van der Waals surface area contributed by atoms with E-state index in [1.807, 2.05) is 17.1 Å². The number of carbonyl (C=O) groups is 3. The van der Waals surface area contributed by atoms with E-state index in [9.17, 15) is 24.6 Å². The molecule has 2 amide bonds. The number of aliphatic hydroxyl groups excluding tert-OH is 1. The van der Waals surface area contributed by atoms with Crippen LogP contribution in [-0.4, -0.2) is 67.9 Å². The number of carbonyl (C=O) groups excluding carboxylic acids is 2. The Labute approximate surface area is 176 Å². The molecule has 3 aliphatic rings. The van der Waals surface area contributed by atoms with Crippen molar-refractivity contribution in [2.75, 3.05) is 14.1 Å². The van der Waals surface area contributed by atoms with Gasteiger partial charge in [-0.2, -0.15) is 0 Å². The van der Waals surface area contributed by atoms with Crippen LogP contribution in [-0.2, 0) is 27.5 Å². The molecule has 11 heteroatoms. The number of amides is 2. The number of nitrogens with zero attached hydrogens (tertiary/aromatic N) is 4. The van der Waals surface area contributed by atoms with Gasteiger partial charge in [-0.1, -0.05) is 11.8 Å². The van der Waals surface area contributed by atoms with Crippen molar-refractivity contribution in [1.82, 2.24) is 14.4 Å². The first kappa shape index (κ1) is 20.3. The summed E-state index contributed by atoms with van der Waals surface area (Å²) < 4.78 is 4.54. The highest BCUT2D eigenvalue weighted by molar-refractivity contribution is 8.22. The minimum absolute atomic E-state index is 0.00208. The summed E-state index contributed by atoms with van der Waals surface area (Å²) in [4.78, 5) is 39.0. The van der Waals surface area contributed by atoms with Crippen molar-refractivity contribution >= 4 is 41.3 Å². The van der Waals surface area contributed by atoms with E-state index in [1.54, 1.807) is 25.9 Å². The first-order valence-electron chi connectivity index (χ1n) is 9.30. The van der Waals surface area contributed by atoms with Crippen LogP contribution in [0.15, 0.2) is 22.5 Å². The van der Waals surface area contributed by atoms with E-state index in [4.69, 9.17) is 0 Å². The number of likely N-dealkylation sites (N-methyl/N-ethyl adjacent to an activating group) is 1. The summed E-state index contributed by atoms with van der Waals surface area (Å²) in [6, 6.07) is 0. The zero-order valence-electron chi connectivity index (χ0n) is 16.3. The van der Waals surface area contributed by atoms with Gasteiger partial charge in [-0.3, -0.25) is 14.5 Å². The van der Waals surface area contributed by atoms with E-state index in [2.05, 4.69) is 4.57 Å². The number of rotatable bonds is 6. The molecule has 0 saturated carbocycles. The number of hydrogen-bond acceptors (Lipinski definition) is 6. The molecular formula is C18H23N4O5S2+. The molecule has 1 aromatic rings. The smallest absolute Gasteiger partial charge is 0.354 e. The molecule has 0 unspecified atom stereocenters. The molecule has 3 aliphatic heterocycles. The van der Waals surface area contributed by atoms with E-state index in [0.717, 1.165) is 18.7 Å². The molecule has 29 heavy (non-hydrogen) atoms. The predicted octanol–water partition coefficient (Wildman–Crippen LogP) is 0.208. The van der Waals surface area contributed by atoms with Gasteiger partial charge in [0, 0.05) is 20.5 Å². The first-order chi connectivity index (χ1) is 13.7. The van der Waals surface area contributed by atoms with Gasteiger partial charge < -0.3 is 15.1 Å². The van der Waals surface area contributed by atoms with Crippen molar-refractivity contribution in [3.8, 4) is 0 Å². The summed E-state index contributed by atoms with van der Waals surface area (Å²) in [7, 11) is 3.43. The lowest BCUT2D eigenvalue weighted by Gasteiger charge is -2.43. The average Bonchev–Trinajstić information content (AvgIpc) is 3.27. The Morgan fingerprint density at radius 1 is 1.45 bits per heavy atom. The molecule has 1 saturated heterocycles. The van der Waals surface area contributed by atoms with Crippen molar-refractivity contribution in [3.05, 3.63) is 28.2 Å². The summed E-state index contributed by atoms with van der Waals surface area (Å²) >= 11 is 2.80. The monoisotopic (exact) mass is 439 g/mol. The molecule has 1 aromatic heterocycles. The highest BCUT2D eigenvalue weighted by Gasteiger charge is 2.58. The normalized spacial score (nSPS) is 26.3. The van der Waals surface area contributed by atoms with Gasteiger partial charge in [0.1, 0.15) is 11.6 Å². The molecular weight excluding hydrogens is 416 g/mol. The Balaban J connectivity index is 1.54. The van der Waals surface area contributed by atoms with Crippen molar-refractivity contribution in [1.29, 1.82) is 0 Å². The molecule has 1 fully saturated rings. The number of carboxylic acid groups (broad SMARTS) is 1. The van der Waals surface area contributed by atoms with E-state index < -0.39 is 18.0 Å². The van der Waals surface area contributed by atoms with Crippen LogP contribution in [0.2, 0.25) is 0 Å². The van der Waals surface area contributed by atoms with E-state index >= 15 is 0 Å². The van der Waals surface area contributed by atoms with E-state index in [-0.39, 0.29) is 34.7 Å². The quantitative estimate of drug-likeness (QED) is 0.482. The summed E-state index contributed by atoms with van der Waals surface area (Å²) in [6.45, 7) is 2.60. The standard InChI is InChI=1S/C18H22N4O5S2/c1-9(23)13-15(25)22-14(17(26)27)18(29-16(13)22)28-11-4-5-21-8-20(6-10(11)21)7-12(24)19(2)3/h6,8-9,11,13,16,23H,4-5,7H2,1-3H3/p+1/t9-,11+,13+,16-/m1/s1. The lowest BCUT2D eigenvalue weighted by Crippen LogP contribution is -2.60. The van der Waals surface area contributed by atoms with Gasteiger partial charge in [-0.15, -0.1) is 11.8 Å². The second-order valence-electron chi connectivity index (χ2n) is 7.64. The molecule has 0 aliphatic carbocycles. The Kier molecular flexibility index (Phi) is 5.16. The molecule has 2 N–H and O–H groups in total. The van der Waals surface area contributed by atoms with Crippen molar-refractivity contribution in [2.45, 2.75) is 43.2 Å². The second kappa shape index (κ2) is 7.37. The maximum Gasteiger partial charge on any atom is 0.354 e. The summed E-state index contributed by atoms with van der Waals surface area (Å²) in [6.07, 6.45) is 3.88. The largest absolute Gasteiger partial charge is 0.477 e. The van der Waals surface area contributed by atoms with Crippen LogP contribution in [0.5, 0.6) is 0 Å². The number of β-lactam (4-membered cyclic amide) rings is 1. The molecule has 4 heterocycles. The number of imidazole rings is 1. The van der Waals surface area contributed by atoms with Gasteiger partial charge in [0.25, 0.3) is 5.91 Å². The molecule has 0 radical (unpaired) electrons. The van der Waals surface area contributed by atoms with Crippen LogP contribution in [0.25, 0.3) is 0 Å². The molecule has 4 rings (SSSR count). The highest BCUT2D eigenvalue weighted by atomic mass is 32.2. The molecule has 156 valence electrons. The average molecular weight is 440 g/mol. The van der Waals surface area contributed by atoms with Crippen LogP contribution >= 0.6 is 23.5 Å². The number of thioether (sulfide) groups is 2. The maximum absolute atomic E-state index is 12.3. The van der Waals surface area contributed by atoms with Crippen LogP contribution in [0.3, 0.4) is 0 Å². The lowest BCUT2D eigenvalue weighted by atomic mass is 9.92. The molecule has 0 aromatic carbocycles. The Morgan fingerprint density at radius 3 is 2.79 bits per heavy atom. The molecule has 0 bridgehead atoms. The predicted molar refractivity (Wildman–Crippen MR) is 106 cm³/mol. The topological polar surface area (TPSA) is 107 Å². The van der Waals surface area contributed by atoms with Gasteiger partial charge in [-0.05, 0) is 6.92 Å². The van der Waals surface area contributed by atoms with Crippen molar-refractivity contribution in [3.63, 3.8) is 0 Å². The van der Waals surface area contributed by atoms with Gasteiger partial charge in [0.2, 0.25) is 12.2 Å². The minimum atomic E-state index is -1.13. The first-order valence-corrected chi connectivity index (χ1v) is 11.1. The Hall–Kier alpha value is -1.98. The van der Waals surface area contributed by atoms with Crippen LogP contribution in [0.4, 0.5) is 0 Å². The van der Waals surface area contributed by atoms with E-state index in [0.29, 0.717) is 4.24 Å². The highest BCUT2D eigenvalue weighted by Crippen LogP contribution is 2.57. The fraction of sp³-hybridized carbons (Fsp3) is 0.556. The molecule has 0 spiro atoms. The van der Waals surface area contributed by atoms with E-state index in [1.165, 1.54) is 28.4 Å². The van der Waals surface area contributed by atoms with Crippen LogP contribution in [0, 0.1) is 5.92 Å². The molecule has 9 nitrogen and oxygen atoms in total. The third-order valence-corrected chi connectivity index (χ3v) is 8.31. The molecule has 4 atom stereocenters. The number of aromatic nitrogens is 2. The summed E-state index contributed by atoms with van der Waals surface area (Å²) in [5.74, 6) is -2.03. The fourth-order valence-electron chi connectivity index (χ4n) is 3.85. The van der Waals surface area contributed by atoms with Crippen LogP contribution < -0.4 is 4.57 Å². The summed E-state index contributed by atoms with van der Waals surface area (Å²) in [5, 5.41) is 19.2. The van der Waals surface area contributed by atoms with Crippen molar-refractivity contribution < 1.29 is 29.2 Å². The second-order valence-corrected chi connectivity index (χ2v) is 10.2. The SMILES string of the molecule is C[C@@H](O)[C@H]1C(=O)N2C(C(=O)O)=C(S[C@H]3CCn4c[n+](CC(=O)N(C)C)cc43)S[C@H]12. The van der Waals surface area contributed by atoms with Gasteiger partial charge in [-0.25, -0.2) is 13.9 Å². The van der Waals surface area contributed by atoms with Gasteiger partial charge in [0.05, 0.1) is 28.1 Å². The fourth-order valence-corrected chi connectivity index (χ4v) is 7.13. The lowest BCUT2D eigenvalue weighted by molar-refractivity contribution is -0.684. The number of aliphatic hydroxyl groups is 1. The van der Waals surface area contributed by atoms with Gasteiger partial charge >= 0.3 is 5.97 Å². The third kappa shape index (κ3) is 3.34.